The molecule has 0 heterocycles. The molecule has 1 aromatic carbocycles. The van der Waals surface area contributed by atoms with Gasteiger partial charge in [-0.1, -0.05) is 18.9 Å². The van der Waals surface area contributed by atoms with Crippen LogP contribution in [-0.2, 0) is 9.59 Å². The number of carbonyl (C=O) groups excluding carboxylic acids is 1. The van der Waals surface area contributed by atoms with Crippen LogP contribution in [0.5, 0.6) is 11.5 Å². The van der Waals surface area contributed by atoms with Gasteiger partial charge in [-0.2, -0.15) is 0 Å². The molecule has 2 N–H and O–H groups in total. The standard InChI is InChI=1S/C17H23NO5/c1-22-14-8-7-12(9-15(14)23-2)13(10-16(19)20)18-17(21)11-5-3-4-6-11/h7-9,11,13H,3-6,10H2,1-2H3,(H,18,21)(H,19,20)/t13-/m1/s1. The van der Waals surface area contributed by atoms with E-state index in [1.165, 1.54) is 14.2 Å². The van der Waals surface area contributed by atoms with E-state index in [1.807, 2.05) is 0 Å². The van der Waals surface area contributed by atoms with Gasteiger partial charge in [0.1, 0.15) is 0 Å². The summed E-state index contributed by atoms with van der Waals surface area (Å²) in [6.45, 7) is 0. The molecule has 0 saturated heterocycles. The Morgan fingerprint density at radius 1 is 1.22 bits per heavy atom. The quantitative estimate of drug-likeness (QED) is 0.806. The lowest BCUT2D eigenvalue weighted by molar-refractivity contribution is -0.138. The van der Waals surface area contributed by atoms with Crippen molar-refractivity contribution in [2.45, 2.75) is 38.1 Å². The molecule has 1 fully saturated rings. The molecule has 0 bridgehead atoms. The molecule has 2 rings (SSSR count). The zero-order chi connectivity index (χ0) is 16.8. The van der Waals surface area contributed by atoms with Crippen LogP contribution in [-0.4, -0.2) is 31.2 Å². The molecule has 1 aliphatic carbocycles. The molecule has 126 valence electrons. The van der Waals surface area contributed by atoms with Crippen LogP contribution in [0.2, 0.25) is 0 Å². The van der Waals surface area contributed by atoms with Gasteiger partial charge >= 0.3 is 5.97 Å². The van der Waals surface area contributed by atoms with E-state index in [-0.39, 0.29) is 18.2 Å². The molecule has 0 radical (unpaired) electrons. The number of amides is 1. The summed E-state index contributed by atoms with van der Waals surface area (Å²) in [4.78, 5) is 23.5. The van der Waals surface area contributed by atoms with Gasteiger partial charge in [0.2, 0.25) is 5.91 Å². The van der Waals surface area contributed by atoms with Crippen LogP contribution < -0.4 is 14.8 Å². The van der Waals surface area contributed by atoms with Gasteiger partial charge in [0.25, 0.3) is 0 Å². The number of hydrogen-bond acceptors (Lipinski definition) is 4. The van der Waals surface area contributed by atoms with E-state index >= 15 is 0 Å². The highest BCUT2D eigenvalue weighted by atomic mass is 16.5. The van der Waals surface area contributed by atoms with E-state index < -0.39 is 12.0 Å². The minimum absolute atomic E-state index is 0.00793. The molecule has 0 spiro atoms. The first kappa shape index (κ1) is 17.1. The number of aliphatic carboxylic acids is 1. The van der Waals surface area contributed by atoms with Crippen LogP contribution in [0.4, 0.5) is 0 Å². The highest BCUT2D eigenvalue weighted by molar-refractivity contribution is 5.80. The summed E-state index contributed by atoms with van der Waals surface area (Å²) in [7, 11) is 3.05. The lowest BCUT2D eigenvalue weighted by Crippen LogP contribution is -2.34. The van der Waals surface area contributed by atoms with Crippen LogP contribution in [0, 0.1) is 5.92 Å². The van der Waals surface area contributed by atoms with Crippen LogP contribution >= 0.6 is 0 Å². The normalized spacial score (nSPS) is 15.9. The predicted molar refractivity (Wildman–Crippen MR) is 84.6 cm³/mol. The van der Waals surface area contributed by atoms with Crippen molar-refractivity contribution in [3.8, 4) is 11.5 Å². The van der Waals surface area contributed by atoms with E-state index in [9.17, 15) is 9.59 Å². The molecule has 0 unspecified atom stereocenters. The molecule has 1 atom stereocenters. The molecule has 1 saturated carbocycles. The van der Waals surface area contributed by atoms with Crippen LogP contribution in [0.3, 0.4) is 0 Å². The number of benzene rings is 1. The van der Waals surface area contributed by atoms with Crippen molar-refractivity contribution in [2.75, 3.05) is 14.2 Å². The van der Waals surface area contributed by atoms with E-state index in [4.69, 9.17) is 14.6 Å². The average Bonchev–Trinajstić information content (AvgIpc) is 3.07. The van der Waals surface area contributed by atoms with Crippen molar-refractivity contribution < 1.29 is 24.2 Å². The predicted octanol–water partition coefficient (Wildman–Crippen LogP) is 2.53. The molecule has 6 nitrogen and oxygen atoms in total. The Kier molecular flexibility index (Phi) is 5.84. The van der Waals surface area contributed by atoms with Gasteiger partial charge in [0.05, 0.1) is 26.7 Å². The first-order valence-corrected chi connectivity index (χ1v) is 7.79. The summed E-state index contributed by atoms with van der Waals surface area (Å²) in [5, 5.41) is 12.0. The van der Waals surface area contributed by atoms with Gasteiger partial charge in [-0.25, -0.2) is 0 Å². The van der Waals surface area contributed by atoms with Gasteiger partial charge in [-0.05, 0) is 30.5 Å². The molecular weight excluding hydrogens is 298 g/mol. The van der Waals surface area contributed by atoms with Gasteiger partial charge in [0, 0.05) is 5.92 Å². The zero-order valence-corrected chi connectivity index (χ0v) is 13.5. The fraction of sp³-hybridized carbons (Fsp3) is 0.529. The number of ether oxygens (including phenoxy) is 2. The molecule has 1 aromatic rings. The van der Waals surface area contributed by atoms with Gasteiger partial charge in [-0.3, -0.25) is 9.59 Å². The third-order valence-electron chi connectivity index (χ3n) is 4.23. The van der Waals surface area contributed by atoms with Crippen molar-refractivity contribution >= 4 is 11.9 Å². The zero-order valence-electron chi connectivity index (χ0n) is 13.5. The summed E-state index contributed by atoms with van der Waals surface area (Å²) < 4.78 is 10.4. The average molecular weight is 321 g/mol. The lowest BCUT2D eigenvalue weighted by Gasteiger charge is -2.21. The molecule has 6 heteroatoms. The van der Waals surface area contributed by atoms with E-state index in [0.29, 0.717) is 17.1 Å². The van der Waals surface area contributed by atoms with E-state index in [0.717, 1.165) is 25.7 Å². The van der Waals surface area contributed by atoms with Crippen molar-refractivity contribution in [3.05, 3.63) is 23.8 Å². The Balaban J connectivity index is 2.20. The first-order chi connectivity index (χ1) is 11.0. The maximum atomic E-state index is 12.3. The minimum Gasteiger partial charge on any atom is -0.493 e. The Bertz CT molecular complexity index is 566. The van der Waals surface area contributed by atoms with Crippen molar-refractivity contribution in [3.63, 3.8) is 0 Å². The molecule has 0 aliphatic heterocycles. The van der Waals surface area contributed by atoms with Crippen LogP contribution in [0.25, 0.3) is 0 Å². The third kappa shape index (κ3) is 4.37. The number of nitrogens with one attached hydrogen (secondary N) is 1. The maximum Gasteiger partial charge on any atom is 0.305 e. The number of hydrogen-bond donors (Lipinski definition) is 2. The first-order valence-electron chi connectivity index (χ1n) is 7.79. The second-order valence-corrected chi connectivity index (χ2v) is 5.75. The largest absolute Gasteiger partial charge is 0.493 e. The monoisotopic (exact) mass is 321 g/mol. The second kappa shape index (κ2) is 7.85. The van der Waals surface area contributed by atoms with Gasteiger partial charge < -0.3 is 19.9 Å². The third-order valence-corrected chi connectivity index (χ3v) is 4.23. The fourth-order valence-corrected chi connectivity index (χ4v) is 2.97. The van der Waals surface area contributed by atoms with Crippen LogP contribution in [0.1, 0.15) is 43.7 Å². The second-order valence-electron chi connectivity index (χ2n) is 5.75. The summed E-state index contributed by atoms with van der Waals surface area (Å²) in [5.41, 5.74) is 0.691. The van der Waals surface area contributed by atoms with Crippen molar-refractivity contribution in [1.82, 2.24) is 5.32 Å². The topological polar surface area (TPSA) is 84.9 Å². The number of rotatable bonds is 7. The molecule has 23 heavy (non-hydrogen) atoms. The van der Waals surface area contributed by atoms with E-state index in [2.05, 4.69) is 5.32 Å². The Hall–Kier alpha value is -2.24. The van der Waals surface area contributed by atoms with E-state index in [1.54, 1.807) is 18.2 Å². The summed E-state index contributed by atoms with van der Waals surface area (Å²) in [6.07, 6.45) is 3.68. The minimum atomic E-state index is -0.962. The Labute approximate surface area is 135 Å². The lowest BCUT2D eigenvalue weighted by atomic mass is 10.0. The SMILES string of the molecule is COc1ccc([C@@H](CC(=O)O)NC(=O)C2CCCC2)cc1OC. The molecular formula is C17H23NO5. The Morgan fingerprint density at radius 2 is 1.87 bits per heavy atom. The van der Waals surface area contributed by atoms with Crippen molar-refractivity contribution in [2.24, 2.45) is 5.92 Å². The summed E-state index contributed by atoms with van der Waals surface area (Å²) in [5.74, 6) is 0.0365. The van der Waals surface area contributed by atoms with Crippen molar-refractivity contribution in [1.29, 1.82) is 0 Å². The maximum absolute atomic E-state index is 12.3. The molecule has 1 amide bonds. The number of carbonyl (C=O) groups is 2. The smallest absolute Gasteiger partial charge is 0.305 e. The highest BCUT2D eigenvalue weighted by Gasteiger charge is 2.26. The summed E-state index contributed by atoms with van der Waals surface area (Å²) >= 11 is 0. The summed E-state index contributed by atoms with van der Waals surface area (Å²) in [6, 6.07) is 4.59. The van der Waals surface area contributed by atoms with Gasteiger partial charge in [0.15, 0.2) is 11.5 Å². The number of carboxylic acid groups (broad SMARTS) is 1. The number of methoxy groups -OCH3 is 2. The number of carboxylic acids is 1. The molecule has 1 aliphatic rings. The fourth-order valence-electron chi connectivity index (χ4n) is 2.97. The molecule has 0 aromatic heterocycles. The highest BCUT2D eigenvalue weighted by Crippen LogP contribution is 2.32. The van der Waals surface area contributed by atoms with Crippen LogP contribution in [0.15, 0.2) is 18.2 Å². The Morgan fingerprint density at radius 3 is 2.43 bits per heavy atom. The van der Waals surface area contributed by atoms with Gasteiger partial charge in [-0.15, -0.1) is 0 Å².